The maximum Gasteiger partial charge on any atom is 0.309 e. The highest BCUT2D eigenvalue weighted by Crippen LogP contribution is 2.16. The van der Waals surface area contributed by atoms with Gasteiger partial charge in [0.2, 0.25) is 0 Å². The summed E-state index contributed by atoms with van der Waals surface area (Å²) in [5.74, 6) is -0.399. The van der Waals surface area contributed by atoms with E-state index in [1.807, 2.05) is 18.4 Å². The highest BCUT2D eigenvalue weighted by Gasteiger charge is 2.22. The van der Waals surface area contributed by atoms with Crippen LogP contribution >= 0.6 is 11.8 Å². The van der Waals surface area contributed by atoms with Gasteiger partial charge in [-0.25, -0.2) is 0 Å². The monoisotopic (exact) mass is 326 g/mol. The Morgan fingerprint density at radius 3 is 2.55 bits per heavy atom. The van der Waals surface area contributed by atoms with Crippen LogP contribution in [0.1, 0.15) is 12.5 Å². The minimum absolute atomic E-state index is 0.0226. The number of ether oxygens (including phenoxy) is 1. The van der Waals surface area contributed by atoms with Crippen molar-refractivity contribution in [2.24, 2.45) is 0 Å². The number of para-hydroxylation sites is 1. The molecule has 0 radical (unpaired) electrons. The van der Waals surface area contributed by atoms with Gasteiger partial charge in [-0.15, -0.1) is 0 Å². The molecule has 1 aromatic rings. The Hall–Kier alpha value is -1.73. The molecule has 0 bridgehead atoms. The molecule has 0 aromatic heterocycles. The standard InChI is InChI=1S/C15H22N2O4S/c1-15(20,10-22-3)9-17-14(19)13(18)16-8-11-6-4-5-7-12(11)21-2/h4-7,20H,8-10H2,1-3H3,(H,16,18)(H,17,19). The van der Waals surface area contributed by atoms with Gasteiger partial charge in [0.1, 0.15) is 5.75 Å². The van der Waals surface area contributed by atoms with E-state index in [-0.39, 0.29) is 13.1 Å². The molecule has 1 rings (SSSR count). The first-order valence-electron chi connectivity index (χ1n) is 6.79. The molecule has 2 amide bonds. The minimum atomic E-state index is -1.04. The lowest BCUT2D eigenvalue weighted by atomic mass is 10.1. The third kappa shape index (κ3) is 5.95. The van der Waals surface area contributed by atoms with Gasteiger partial charge in [-0.3, -0.25) is 9.59 Å². The molecule has 1 atom stereocenters. The van der Waals surface area contributed by atoms with Gasteiger partial charge in [0.05, 0.1) is 12.7 Å². The van der Waals surface area contributed by atoms with Gasteiger partial charge in [-0.1, -0.05) is 18.2 Å². The number of carbonyl (C=O) groups excluding carboxylic acids is 2. The van der Waals surface area contributed by atoms with E-state index in [9.17, 15) is 14.7 Å². The molecule has 0 aliphatic carbocycles. The fourth-order valence-electron chi connectivity index (χ4n) is 1.82. The van der Waals surface area contributed by atoms with Crippen LogP contribution in [0, 0.1) is 0 Å². The summed E-state index contributed by atoms with van der Waals surface area (Å²) in [5, 5.41) is 14.9. The largest absolute Gasteiger partial charge is 0.496 e. The summed E-state index contributed by atoms with van der Waals surface area (Å²) in [5.41, 5.74) is -0.265. The van der Waals surface area contributed by atoms with Crippen molar-refractivity contribution in [1.29, 1.82) is 0 Å². The molecule has 0 heterocycles. The molecule has 22 heavy (non-hydrogen) atoms. The zero-order chi connectivity index (χ0) is 16.6. The van der Waals surface area contributed by atoms with Crippen LogP contribution in [0.3, 0.4) is 0 Å². The average Bonchev–Trinajstić information content (AvgIpc) is 2.50. The Labute approximate surface area is 134 Å². The third-order valence-corrected chi connectivity index (χ3v) is 3.83. The first-order chi connectivity index (χ1) is 10.4. The second-order valence-corrected chi connectivity index (χ2v) is 5.97. The fourth-order valence-corrected chi connectivity index (χ4v) is 2.54. The van der Waals surface area contributed by atoms with Gasteiger partial charge in [0.15, 0.2) is 0 Å². The number of thioether (sulfide) groups is 1. The van der Waals surface area contributed by atoms with Gasteiger partial charge < -0.3 is 20.5 Å². The number of hydrogen-bond donors (Lipinski definition) is 3. The molecular weight excluding hydrogens is 304 g/mol. The summed E-state index contributed by atoms with van der Waals surface area (Å²) in [7, 11) is 1.54. The van der Waals surface area contributed by atoms with Crippen LogP contribution in [0.2, 0.25) is 0 Å². The highest BCUT2D eigenvalue weighted by molar-refractivity contribution is 7.98. The van der Waals surface area contributed by atoms with Crippen molar-refractivity contribution in [3.63, 3.8) is 0 Å². The fraction of sp³-hybridized carbons (Fsp3) is 0.467. The Morgan fingerprint density at radius 2 is 1.91 bits per heavy atom. The SMILES string of the molecule is COc1ccccc1CNC(=O)C(=O)NCC(C)(O)CSC. The van der Waals surface area contributed by atoms with E-state index in [4.69, 9.17) is 4.74 Å². The quantitative estimate of drug-likeness (QED) is 0.637. The zero-order valence-corrected chi connectivity index (χ0v) is 13.8. The number of benzene rings is 1. The molecular formula is C15H22N2O4S. The van der Waals surface area contributed by atoms with Crippen LogP contribution in [0.15, 0.2) is 24.3 Å². The van der Waals surface area contributed by atoms with Gasteiger partial charge in [-0.2, -0.15) is 11.8 Å². The van der Waals surface area contributed by atoms with E-state index < -0.39 is 17.4 Å². The van der Waals surface area contributed by atoms with Crippen molar-refractivity contribution < 1.29 is 19.4 Å². The Morgan fingerprint density at radius 1 is 1.27 bits per heavy atom. The smallest absolute Gasteiger partial charge is 0.309 e. The van der Waals surface area contributed by atoms with E-state index in [2.05, 4.69) is 10.6 Å². The van der Waals surface area contributed by atoms with Crippen LogP contribution in [0.4, 0.5) is 0 Å². The van der Waals surface area contributed by atoms with E-state index in [1.54, 1.807) is 26.2 Å². The lowest BCUT2D eigenvalue weighted by Gasteiger charge is -2.22. The number of methoxy groups -OCH3 is 1. The van der Waals surface area contributed by atoms with E-state index in [0.29, 0.717) is 11.5 Å². The van der Waals surface area contributed by atoms with Gasteiger partial charge >= 0.3 is 11.8 Å². The molecule has 0 aliphatic heterocycles. The zero-order valence-electron chi connectivity index (χ0n) is 13.0. The summed E-state index contributed by atoms with van der Waals surface area (Å²) in [6.45, 7) is 1.82. The van der Waals surface area contributed by atoms with Crippen molar-refractivity contribution in [3.05, 3.63) is 29.8 Å². The van der Waals surface area contributed by atoms with Crippen LogP contribution < -0.4 is 15.4 Å². The van der Waals surface area contributed by atoms with Gasteiger partial charge in [0.25, 0.3) is 0 Å². The minimum Gasteiger partial charge on any atom is -0.496 e. The lowest BCUT2D eigenvalue weighted by Crippen LogP contribution is -2.47. The first kappa shape index (κ1) is 18.3. The van der Waals surface area contributed by atoms with Crippen LogP contribution in [0.5, 0.6) is 5.75 Å². The maximum atomic E-state index is 11.7. The second-order valence-electron chi connectivity index (χ2n) is 5.11. The molecule has 3 N–H and O–H groups in total. The number of aliphatic hydroxyl groups is 1. The molecule has 0 saturated carbocycles. The number of rotatable bonds is 7. The number of amides is 2. The summed E-state index contributed by atoms with van der Waals surface area (Å²) in [6, 6.07) is 7.23. The molecule has 0 aliphatic rings. The molecule has 0 fully saturated rings. The molecule has 6 nitrogen and oxygen atoms in total. The second kappa shape index (κ2) is 8.65. The molecule has 1 aromatic carbocycles. The topological polar surface area (TPSA) is 87.7 Å². The van der Waals surface area contributed by atoms with Crippen molar-refractivity contribution in [2.45, 2.75) is 19.1 Å². The summed E-state index contributed by atoms with van der Waals surface area (Å²) in [6.07, 6.45) is 1.86. The van der Waals surface area contributed by atoms with E-state index >= 15 is 0 Å². The molecule has 122 valence electrons. The predicted octanol–water partition coefficient (Wildman–Crippen LogP) is 0.542. The Bertz CT molecular complexity index is 520. The van der Waals surface area contributed by atoms with E-state index in [0.717, 1.165) is 5.56 Å². The third-order valence-electron chi connectivity index (χ3n) is 2.92. The lowest BCUT2D eigenvalue weighted by molar-refractivity contribution is -0.139. The number of carbonyl (C=O) groups is 2. The van der Waals surface area contributed by atoms with Crippen LogP contribution in [0.25, 0.3) is 0 Å². The van der Waals surface area contributed by atoms with E-state index in [1.165, 1.54) is 11.8 Å². The van der Waals surface area contributed by atoms with Crippen molar-refractivity contribution in [3.8, 4) is 5.75 Å². The van der Waals surface area contributed by atoms with Crippen LogP contribution in [-0.2, 0) is 16.1 Å². The average molecular weight is 326 g/mol. The van der Waals surface area contributed by atoms with Crippen LogP contribution in [-0.4, -0.2) is 48.2 Å². The molecule has 0 saturated heterocycles. The van der Waals surface area contributed by atoms with Gasteiger partial charge in [0, 0.05) is 24.4 Å². The predicted molar refractivity (Wildman–Crippen MR) is 86.9 cm³/mol. The van der Waals surface area contributed by atoms with Crippen molar-refractivity contribution >= 4 is 23.6 Å². The Kier molecular flexibility index (Phi) is 7.20. The number of nitrogens with one attached hydrogen (secondary N) is 2. The molecule has 0 spiro atoms. The number of hydrogen-bond acceptors (Lipinski definition) is 5. The normalized spacial score (nSPS) is 13.1. The highest BCUT2D eigenvalue weighted by atomic mass is 32.2. The molecule has 7 heteroatoms. The van der Waals surface area contributed by atoms with Crippen molar-refractivity contribution in [1.82, 2.24) is 10.6 Å². The summed E-state index contributed by atoms with van der Waals surface area (Å²) in [4.78, 5) is 23.4. The summed E-state index contributed by atoms with van der Waals surface area (Å²) < 4.78 is 5.17. The molecule has 1 unspecified atom stereocenters. The van der Waals surface area contributed by atoms with Crippen molar-refractivity contribution in [2.75, 3.05) is 25.7 Å². The Balaban J connectivity index is 2.46. The maximum absolute atomic E-state index is 11.7. The van der Waals surface area contributed by atoms with Gasteiger partial charge in [-0.05, 0) is 19.2 Å². The summed E-state index contributed by atoms with van der Waals surface area (Å²) >= 11 is 1.46. The first-order valence-corrected chi connectivity index (χ1v) is 8.18.